The molecule has 1 saturated heterocycles. The molecule has 1 aromatic carbocycles. The average molecular weight is 298 g/mol. The molecule has 2 atom stereocenters. The molecule has 6 heteroatoms. The number of anilines is 1. The first-order chi connectivity index (χ1) is 10.8. The summed E-state index contributed by atoms with van der Waals surface area (Å²) in [6.07, 6.45) is 1.46. The summed E-state index contributed by atoms with van der Waals surface area (Å²) in [7, 11) is 0. The van der Waals surface area contributed by atoms with Crippen molar-refractivity contribution in [1.82, 2.24) is 15.0 Å². The highest BCUT2D eigenvalue weighted by atomic mass is 16.5. The molecule has 3 aromatic rings. The van der Waals surface area contributed by atoms with Crippen LogP contribution >= 0.6 is 0 Å². The lowest BCUT2D eigenvalue weighted by atomic mass is 10.1. The zero-order chi connectivity index (χ0) is 15.1. The van der Waals surface area contributed by atoms with Gasteiger partial charge in [-0.2, -0.15) is 0 Å². The number of hydrogen-bond acceptors (Lipinski definition) is 5. The highest BCUT2D eigenvalue weighted by molar-refractivity contribution is 6.11. The van der Waals surface area contributed by atoms with Crippen LogP contribution in [0.25, 0.3) is 21.9 Å². The summed E-state index contributed by atoms with van der Waals surface area (Å²) in [5.41, 5.74) is 1.89. The van der Waals surface area contributed by atoms with Crippen molar-refractivity contribution in [2.24, 2.45) is 0 Å². The number of ether oxygens (including phenoxy) is 1. The quantitative estimate of drug-likeness (QED) is 0.753. The molecule has 0 spiro atoms. The minimum Gasteiger partial charge on any atom is -0.394 e. The molecule has 3 heterocycles. The Morgan fingerprint density at radius 3 is 3.05 bits per heavy atom. The van der Waals surface area contributed by atoms with E-state index >= 15 is 0 Å². The number of aromatic nitrogens is 3. The van der Waals surface area contributed by atoms with E-state index in [0.29, 0.717) is 6.54 Å². The third-order valence-electron chi connectivity index (χ3n) is 4.11. The van der Waals surface area contributed by atoms with Crippen LogP contribution < -0.4 is 4.90 Å². The number of nitrogens with one attached hydrogen (secondary N) is 1. The lowest BCUT2D eigenvalue weighted by Crippen LogP contribution is -2.48. The summed E-state index contributed by atoms with van der Waals surface area (Å²) in [5.74, 6) is 0.899. The predicted molar refractivity (Wildman–Crippen MR) is 85.0 cm³/mol. The molecule has 1 aliphatic rings. The van der Waals surface area contributed by atoms with Gasteiger partial charge in [0.1, 0.15) is 17.8 Å². The summed E-state index contributed by atoms with van der Waals surface area (Å²) in [4.78, 5) is 14.4. The summed E-state index contributed by atoms with van der Waals surface area (Å²) < 4.78 is 5.73. The van der Waals surface area contributed by atoms with Gasteiger partial charge in [0.15, 0.2) is 0 Å². The zero-order valence-corrected chi connectivity index (χ0v) is 12.4. The molecule has 114 valence electrons. The topological polar surface area (TPSA) is 74.3 Å². The van der Waals surface area contributed by atoms with Crippen LogP contribution in [0.1, 0.15) is 6.92 Å². The number of benzene rings is 1. The molecular weight excluding hydrogens is 280 g/mol. The highest BCUT2D eigenvalue weighted by Gasteiger charge is 2.27. The van der Waals surface area contributed by atoms with Crippen molar-refractivity contribution < 1.29 is 9.84 Å². The Labute approximate surface area is 127 Å². The van der Waals surface area contributed by atoms with Crippen molar-refractivity contribution in [3.8, 4) is 0 Å². The van der Waals surface area contributed by atoms with Gasteiger partial charge < -0.3 is 19.7 Å². The normalized spacial score (nSPS) is 22.5. The van der Waals surface area contributed by atoms with E-state index in [4.69, 9.17) is 4.74 Å². The van der Waals surface area contributed by atoms with Crippen molar-refractivity contribution in [2.75, 3.05) is 24.6 Å². The van der Waals surface area contributed by atoms with E-state index in [2.05, 4.69) is 25.9 Å². The molecule has 1 fully saturated rings. The molecule has 0 aliphatic carbocycles. The number of H-pyrrole nitrogens is 1. The van der Waals surface area contributed by atoms with Gasteiger partial charge in [-0.05, 0) is 13.0 Å². The summed E-state index contributed by atoms with van der Waals surface area (Å²) in [6.45, 7) is 3.42. The van der Waals surface area contributed by atoms with E-state index in [0.717, 1.165) is 34.3 Å². The number of aliphatic hydroxyl groups is 1. The van der Waals surface area contributed by atoms with Crippen LogP contribution in [0, 0.1) is 0 Å². The van der Waals surface area contributed by atoms with E-state index in [9.17, 15) is 5.11 Å². The number of morpholine rings is 1. The van der Waals surface area contributed by atoms with Gasteiger partial charge in [0, 0.05) is 24.0 Å². The molecule has 22 heavy (non-hydrogen) atoms. The molecule has 0 amide bonds. The van der Waals surface area contributed by atoms with E-state index in [1.165, 1.54) is 0 Å². The Morgan fingerprint density at radius 1 is 1.32 bits per heavy atom. The minimum absolute atomic E-state index is 0.0168. The lowest BCUT2D eigenvalue weighted by molar-refractivity contribution is -0.0422. The molecule has 2 N–H and O–H groups in total. The number of para-hydroxylation sites is 1. The van der Waals surface area contributed by atoms with Gasteiger partial charge >= 0.3 is 0 Å². The van der Waals surface area contributed by atoms with E-state index in [1.54, 1.807) is 6.33 Å². The predicted octanol–water partition coefficient (Wildman–Crippen LogP) is 1.70. The molecule has 6 nitrogen and oxygen atoms in total. The second-order valence-corrected chi connectivity index (χ2v) is 5.75. The Hall–Kier alpha value is -2.18. The molecule has 0 saturated carbocycles. The molecule has 0 unspecified atom stereocenters. The minimum atomic E-state index is -0.182. The zero-order valence-electron chi connectivity index (χ0n) is 12.4. The Balaban J connectivity index is 1.87. The number of nitrogens with zero attached hydrogens (tertiary/aromatic N) is 3. The standard InChI is InChI=1S/C16H18N4O2/c1-10-6-20(7-11(8-21)22-10)16-14-12-4-2-3-5-13(12)19-15(14)17-9-18-16/h2-5,9-11,21H,6-8H2,1H3,(H,17,18,19)/t10-,11+/m1/s1. The summed E-state index contributed by atoms with van der Waals surface area (Å²) in [6, 6.07) is 8.14. The molecule has 0 radical (unpaired) electrons. The molecule has 4 rings (SSSR count). The van der Waals surface area contributed by atoms with Crippen LogP contribution in [-0.4, -0.2) is 52.0 Å². The van der Waals surface area contributed by atoms with Crippen molar-refractivity contribution in [1.29, 1.82) is 0 Å². The SMILES string of the molecule is C[C@@H]1CN(c2ncnc3[nH]c4ccccc4c23)C[C@@H](CO)O1. The molecule has 2 aromatic heterocycles. The van der Waals surface area contributed by atoms with Gasteiger partial charge in [0.05, 0.1) is 24.2 Å². The molecule has 0 bridgehead atoms. The molecule has 1 aliphatic heterocycles. The summed E-state index contributed by atoms with van der Waals surface area (Å²) in [5, 5.41) is 11.6. The van der Waals surface area contributed by atoms with Gasteiger partial charge in [0.2, 0.25) is 0 Å². The second-order valence-electron chi connectivity index (χ2n) is 5.75. The van der Waals surface area contributed by atoms with Gasteiger partial charge in [-0.15, -0.1) is 0 Å². The maximum atomic E-state index is 9.43. The Bertz CT molecular complexity index is 816. The van der Waals surface area contributed by atoms with Crippen LogP contribution in [0.15, 0.2) is 30.6 Å². The lowest BCUT2D eigenvalue weighted by Gasteiger charge is -2.37. The number of aliphatic hydroxyl groups excluding tert-OH is 1. The number of rotatable bonds is 2. The van der Waals surface area contributed by atoms with Gasteiger partial charge in [-0.3, -0.25) is 0 Å². The third kappa shape index (κ3) is 2.12. The van der Waals surface area contributed by atoms with Gasteiger partial charge in [-0.25, -0.2) is 9.97 Å². The first-order valence-electron chi connectivity index (χ1n) is 7.49. The Kier molecular flexibility index (Phi) is 3.20. The van der Waals surface area contributed by atoms with Crippen LogP contribution in [0.2, 0.25) is 0 Å². The third-order valence-corrected chi connectivity index (χ3v) is 4.11. The Morgan fingerprint density at radius 2 is 2.18 bits per heavy atom. The number of aromatic amines is 1. The van der Waals surface area contributed by atoms with Crippen LogP contribution in [-0.2, 0) is 4.74 Å². The second kappa shape index (κ2) is 5.23. The van der Waals surface area contributed by atoms with E-state index in [1.807, 2.05) is 25.1 Å². The number of fused-ring (bicyclic) bond motifs is 3. The van der Waals surface area contributed by atoms with Gasteiger partial charge in [0.25, 0.3) is 0 Å². The highest BCUT2D eigenvalue weighted by Crippen LogP contribution is 2.32. The largest absolute Gasteiger partial charge is 0.394 e. The molecular formula is C16H18N4O2. The fourth-order valence-corrected chi connectivity index (χ4v) is 3.22. The van der Waals surface area contributed by atoms with Crippen molar-refractivity contribution >= 4 is 27.8 Å². The smallest absolute Gasteiger partial charge is 0.143 e. The average Bonchev–Trinajstić information content (AvgIpc) is 2.92. The maximum Gasteiger partial charge on any atom is 0.143 e. The first kappa shape index (κ1) is 13.5. The van der Waals surface area contributed by atoms with Gasteiger partial charge in [-0.1, -0.05) is 18.2 Å². The fraction of sp³-hybridized carbons (Fsp3) is 0.375. The maximum absolute atomic E-state index is 9.43. The van der Waals surface area contributed by atoms with Crippen LogP contribution in [0.5, 0.6) is 0 Å². The van der Waals surface area contributed by atoms with Crippen molar-refractivity contribution in [2.45, 2.75) is 19.1 Å². The van der Waals surface area contributed by atoms with Crippen LogP contribution in [0.3, 0.4) is 0 Å². The van der Waals surface area contributed by atoms with Crippen molar-refractivity contribution in [3.63, 3.8) is 0 Å². The summed E-state index contributed by atoms with van der Waals surface area (Å²) >= 11 is 0. The van der Waals surface area contributed by atoms with Crippen molar-refractivity contribution in [3.05, 3.63) is 30.6 Å². The first-order valence-corrected chi connectivity index (χ1v) is 7.49. The van der Waals surface area contributed by atoms with Crippen LogP contribution in [0.4, 0.5) is 5.82 Å². The fourth-order valence-electron chi connectivity index (χ4n) is 3.22. The number of hydrogen-bond donors (Lipinski definition) is 2. The monoisotopic (exact) mass is 298 g/mol. The van der Waals surface area contributed by atoms with E-state index < -0.39 is 0 Å². The van der Waals surface area contributed by atoms with E-state index in [-0.39, 0.29) is 18.8 Å².